The number of nitrogens with zero attached hydrogens (tertiary/aromatic N) is 3. The minimum atomic E-state index is 0.259. The highest BCUT2D eigenvalue weighted by Crippen LogP contribution is 2.24. The van der Waals surface area contributed by atoms with Crippen molar-refractivity contribution in [3.63, 3.8) is 0 Å². The number of aromatic nitrogens is 2. The van der Waals surface area contributed by atoms with Crippen LogP contribution in [0.1, 0.15) is 32.0 Å². The van der Waals surface area contributed by atoms with Crippen molar-refractivity contribution in [3.05, 3.63) is 18.2 Å². The van der Waals surface area contributed by atoms with E-state index >= 15 is 0 Å². The predicted octanol–water partition coefficient (Wildman–Crippen LogP) is 1.16. The van der Waals surface area contributed by atoms with Gasteiger partial charge in [0, 0.05) is 31.5 Å². The fourth-order valence-corrected chi connectivity index (χ4v) is 2.53. The molecule has 0 spiro atoms. The molecule has 1 aromatic rings. The van der Waals surface area contributed by atoms with E-state index in [1.54, 1.807) is 0 Å². The summed E-state index contributed by atoms with van der Waals surface area (Å²) in [4.78, 5) is 6.73. The van der Waals surface area contributed by atoms with Crippen LogP contribution in [0.4, 0.5) is 0 Å². The van der Waals surface area contributed by atoms with Gasteiger partial charge in [-0.2, -0.15) is 0 Å². The molecule has 2 unspecified atom stereocenters. The van der Waals surface area contributed by atoms with Gasteiger partial charge in [-0.3, -0.25) is 4.90 Å². The van der Waals surface area contributed by atoms with Crippen LogP contribution in [0.3, 0.4) is 0 Å². The van der Waals surface area contributed by atoms with Gasteiger partial charge in [0.2, 0.25) is 0 Å². The van der Waals surface area contributed by atoms with E-state index in [2.05, 4.69) is 21.4 Å². The van der Waals surface area contributed by atoms with Crippen LogP contribution in [0.15, 0.2) is 12.4 Å². The Balaban J connectivity index is 2.08. The van der Waals surface area contributed by atoms with E-state index in [0.717, 1.165) is 18.8 Å². The van der Waals surface area contributed by atoms with Gasteiger partial charge in [-0.05, 0) is 19.8 Å². The third kappa shape index (κ3) is 2.28. The minimum absolute atomic E-state index is 0.259. The van der Waals surface area contributed by atoms with Crippen molar-refractivity contribution in [2.75, 3.05) is 6.61 Å². The average Bonchev–Trinajstić information content (AvgIpc) is 2.67. The highest BCUT2D eigenvalue weighted by Gasteiger charge is 2.27. The van der Waals surface area contributed by atoms with Crippen molar-refractivity contribution in [1.82, 2.24) is 14.5 Å². The lowest BCUT2D eigenvalue weighted by molar-refractivity contribution is 0.0424. The molecular formula is C12H21N3O. The van der Waals surface area contributed by atoms with Gasteiger partial charge in [0.15, 0.2) is 0 Å². The highest BCUT2D eigenvalue weighted by molar-refractivity contribution is 4.94. The summed E-state index contributed by atoms with van der Waals surface area (Å²) in [6.45, 7) is 3.34. The van der Waals surface area contributed by atoms with E-state index in [0.29, 0.717) is 12.1 Å². The first-order chi connectivity index (χ1) is 7.72. The summed E-state index contributed by atoms with van der Waals surface area (Å²) >= 11 is 0. The number of aryl methyl sites for hydroxylation is 1. The molecule has 1 N–H and O–H groups in total. The van der Waals surface area contributed by atoms with Crippen LogP contribution in [-0.4, -0.2) is 38.2 Å². The molecule has 16 heavy (non-hydrogen) atoms. The maximum absolute atomic E-state index is 9.41. The molecule has 1 fully saturated rings. The van der Waals surface area contributed by atoms with Gasteiger partial charge in [0.05, 0.1) is 13.2 Å². The zero-order chi connectivity index (χ0) is 11.5. The fraction of sp³-hybridized carbons (Fsp3) is 0.750. The Hall–Kier alpha value is -0.870. The zero-order valence-corrected chi connectivity index (χ0v) is 10.1. The molecule has 4 nitrogen and oxygen atoms in total. The smallest absolute Gasteiger partial charge is 0.122 e. The molecule has 0 aromatic carbocycles. The molecule has 1 saturated heterocycles. The molecule has 2 rings (SSSR count). The molecule has 0 aliphatic carbocycles. The normalized spacial score (nSPS) is 27.2. The van der Waals surface area contributed by atoms with Gasteiger partial charge in [-0.1, -0.05) is 6.42 Å². The van der Waals surface area contributed by atoms with Crippen molar-refractivity contribution < 1.29 is 5.11 Å². The van der Waals surface area contributed by atoms with E-state index < -0.39 is 0 Å². The van der Waals surface area contributed by atoms with Crippen LogP contribution in [0.2, 0.25) is 0 Å². The topological polar surface area (TPSA) is 41.3 Å². The van der Waals surface area contributed by atoms with Crippen molar-refractivity contribution in [2.45, 2.75) is 44.8 Å². The molecule has 90 valence electrons. The summed E-state index contributed by atoms with van der Waals surface area (Å²) in [5, 5.41) is 9.41. The van der Waals surface area contributed by atoms with Crippen LogP contribution in [0.25, 0.3) is 0 Å². The van der Waals surface area contributed by atoms with Gasteiger partial charge in [-0.15, -0.1) is 0 Å². The Morgan fingerprint density at radius 3 is 2.94 bits per heavy atom. The van der Waals surface area contributed by atoms with Crippen LogP contribution in [0.5, 0.6) is 0 Å². The maximum atomic E-state index is 9.41. The predicted molar refractivity (Wildman–Crippen MR) is 62.9 cm³/mol. The number of hydrogen-bond acceptors (Lipinski definition) is 3. The van der Waals surface area contributed by atoms with E-state index in [1.165, 1.54) is 12.8 Å². The van der Waals surface area contributed by atoms with Crippen molar-refractivity contribution in [1.29, 1.82) is 0 Å². The lowest BCUT2D eigenvalue weighted by Gasteiger charge is -2.39. The summed E-state index contributed by atoms with van der Waals surface area (Å²) < 4.78 is 2.05. The van der Waals surface area contributed by atoms with E-state index in [9.17, 15) is 5.11 Å². The van der Waals surface area contributed by atoms with Crippen LogP contribution in [-0.2, 0) is 13.6 Å². The number of aliphatic hydroxyl groups is 1. The number of rotatable bonds is 3. The van der Waals surface area contributed by atoms with Crippen molar-refractivity contribution >= 4 is 0 Å². The first-order valence-electron chi connectivity index (χ1n) is 6.05. The number of aliphatic hydroxyl groups excluding tert-OH is 1. The Kier molecular flexibility index (Phi) is 3.61. The average molecular weight is 223 g/mol. The Morgan fingerprint density at radius 1 is 1.50 bits per heavy atom. The molecule has 4 heteroatoms. The second-order valence-electron chi connectivity index (χ2n) is 4.74. The maximum Gasteiger partial charge on any atom is 0.122 e. The zero-order valence-electron chi connectivity index (χ0n) is 10.1. The summed E-state index contributed by atoms with van der Waals surface area (Å²) in [5.41, 5.74) is 0. The third-order valence-corrected chi connectivity index (χ3v) is 3.65. The molecule has 0 bridgehead atoms. The minimum Gasteiger partial charge on any atom is -0.395 e. The Labute approximate surface area is 96.9 Å². The molecular weight excluding hydrogens is 202 g/mol. The summed E-state index contributed by atoms with van der Waals surface area (Å²) in [6.07, 6.45) is 7.35. The molecule has 2 atom stereocenters. The second-order valence-corrected chi connectivity index (χ2v) is 4.74. The van der Waals surface area contributed by atoms with Gasteiger partial charge < -0.3 is 9.67 Å². The molecule has 1 aromatic heterocycles. The summed E-state index contributed by atoms with van der Waals surface area (Å²) in [7, 11) is 2.02. The lowest BCUT2D eigenvalue weighted by atomic mass is 9.97. The van der Waals surface area contributed by atoms with E-state index in [4.69, 9.17) is 0 Å². The molecule has 0 radical (unpaired) electrons. The Morgan fingerprint density at radius 2 is 2.31 bits per heavy atom. The molecule has 1 aliphatic rings. The second kappa shape index (κ2) is 4.97. The summed E-state index contributed by atoms with van der Waals surface area (Å²) in [6, 6.07) is 0.850. The monoisotopic (exact) mass is 223 g/mol. The van der Waals surface area contributed by atoms with Crippen molar-refractivity contribution in [3.8, 4) is 0 Å². The third-order valence-electron chi connectivity index (χ3n) is 3.65. The highest BCUT2D eigenvalue weighted by atomic mass is 16.3. The quantitative estimate of drug-likeness (QED) is 0.836. The number of hydrogen-bond donors (Lipinski definition) is 1. The lowest BCUT2D eigenvalue weighted by Crippen LogP contribution is -2.46. The van der Waals surface area contributed by atoms with Gasteiger partial charge in [-0.25, -0.2) is 4.98 Å². The molecule has 2 heterocycles. The van der Waals surface area contributed by atoms with Gasteiger partial charge >= 0.3 is 0 Å². The van der Waals surface area contributed by atoms with Gasteiger partial charge in [0.1, 0.15) is 5.82 Å². The van der Waals surface area contributed by atoms with Crippen molar-refractivity contribution in [2.24, 2.45) is 7.05 Å². The summed E-state index contributed by atoms with van der Waals surface area (Å²) in [5.74, 6) is 1.08. The van der Waals surface area contributed by atoms with Crippen LogP contribution >= 0.6 is 0 Å². The van der Waals surface area contributed by atoms with Crippen LogP contribution < -0.4 is 0 Å². The Bertz CT molecular complexity index is 337. The number of piperidine rings is 1. The first-order valence-corrected chi connectivity index (χ1v) is 6.05. The van der Waals surface area contributed by atoms with Gasteiger partial charge in [0.25, 0.3) is 0 Å². The van der Waals surface area contributed by atoms with E-state index in [1.807, 2.05) is 19.4 Å². The standard InChI is InChI=1S/C12H21N3O/c1-10-4-3-5-11(9-16)15(10)8-12-13-6-7-14(12)2/h6-7,10-11,16H,3-5,8-9H2,1-2H3. The largest absolute Gasteiger partial charge is 0.395 e. The number of likely N-dealkylation sites (tertiary alicyclic amines) is 1. The number of imidazole rings is 1. The van der Waals surface area contributed by atoms with Crippen LogP contribution in [0, 0.1) is 0 Å². The molecule has 0 amide bonds. The SMILES string of the molecule is CC1CCCC(CO)N1Cc1nccn1C. The fourth-order valence-electron chi connectivity index (χ4n) is 2.53. The van der Waals surface area contributed by atoms with E-state index in [-0.39, 0.29) is 6.61 Å². The molecule has 0 saturated carbocycles. The first kappa shape index (κ1) is 11.6. The molecule has 1 aliphatic heterocycles.